The topological polar surface area (TPSA) is 101 Å². The minimum atomic E-state index is -1.65. The molecule has 3 amide bonds. The molecule has 19 heavy (non-hydrogen) atoms. The van der Waals surface area contributed by atoms with E-state index < -0.39 is 17.9 Å². The number of amides is 3. The molecule has 0 aromatic rings. The third kappa shape index (κ3) is 8.18. The second-order valence-corrected chi connectivity index (χ2v) is 4.58. The molecule has 110 valence electrons. The van der Waals surface area contributed by atoms with Gasteiger partial charge in [-0.2, -0.15) is 0 Å². The minimum absolute atomic E-state index is 0.0788. The van der Waals surface area contributed by atoms with Gasteiger partial charge in [-0.3, -0.25) is 9.69 Å². The van der Waals surface area contributed by atoms with Gasteiger partial charge in [-0.1, -0.05) is 51.9 Å². The summed E-state index contributed by atoms with van der Waals surface area (Å²) in [5, 5.41) is 8.53. The van der Waals surface area contributed by atoms with Crippen LogP contribution in [0, 0.1) is 0 Å². The number of carbonyl (C=O) groups is 3. The molecule has 0 radical (unpaired) electrons. The van der Waals surface area contributed by atoms with Gasteiger partial charge in [-0.15, -0.1) is 0 Å². The molecular formula is C13H24N2O4. The minimum Gasteiger partial charge on any atom is -0.474 e. The molecule has 0 spiro atoms. The fraction of sp³-hybridized carbons (Fsp3) is 0.769. The summed E-state index contributed by atoms with van der Waals surface area (Å²) in [4.78, 5) is 33.2. The molecule has 6 nitrogen and oxygen atoms in total. The van der Waals surface area contributed by atoms with Crippen molar-refractivity contribution in [3.05, 3.63) is 0 Å². The summed E-state index contributed by atoms with van der Waals surface area (Å²) >= 11 is 0. The lowest BCUT2D eigenvalue weighted by Gasteiger charge is -2.15. The van der Waals surface area contributed by atoms with Crippen LogP contribution in [0.3, 0.4) is 0 Å². The number of carbonyl (C=O) groups excluding carboxylic acids is 2. The van der Waals surface area contributed by atoms with E-state index in [2.05, 4.69) is 6.92 Å². The van der Waals surface area contributed by atoms with Gasteiger partial charge in [0, 0.05) is 6.54 Å². The number of aliphatic carboxylic acids is 1. The molecule has 0 saturated carbocycles. The summed E-state index contributed by atoms with van der Waals surface area (Å²) in [6, 6.07) is -1.00. The molecule has 6 heteroatoms. The highest BCUT2D eigenvalue weighted by Crippen LogP contribution is 2.09. The van der Waals surface area contributed by atoms with Gasteiger partial charge in [-0.25, -0.2) is 9.59 Å². The summed E-state index contributed by atoms with van der Waals surface area (Å²) in [6.45, 7) is 2.24. The Morgan fingerprint density at radius 3 is 1.84 bits per heavy atom. The first-order valence-corrected chi connectivity index (χ1v) is 6.85. The molecule has 0 aliphatic carbocycles. The van der Waals surface area contributed by atoms with E-state index >= 15 is 0 Å². The molecule has 0 aliphatic rings. The molecule has 0 unspecified atom stereocenters. The summed E-state index contributed by atoms with van der Waals surface area (Å²) < 4.78 is 0. The van der Waals surface area contributed by atoms with Crippen molar-refractivity contribution in [3.8, 4) is 0 Å². The Bertz CT molecular complexity index is 305. The van der Waals surface area contributed by atoms with Crippen molar-refractivity contribution in [1.29, 1.82) is 0 Å². The van der Waals surface area contributed by atoms with Crippen molar-refractivity contribution in [1.82, 2.24) is 4.90 Å². The van der Waals surface area contributed by atoms with E-state index in [9.17, 15) is 14.4 Å². The van der Waals surface area contributed by atoms with Crippen molar-refractivity contribution in [2.75, 3.05) is 6.54 Å². The van der Waals surface area contributed by atoms with Crippen LogP contribution in [-0.2, 0) is 9.59 Å². The zero-order valence-electron chi connectivity index (χ0n) is 11.6. The van der Waals surface area contributed by atoms with Crippen molar-refractivity contribution in [2.45, 2.75) is 58.3 Å². The molecule has 3 N–H and O–H groups in total. The number of primary amides is 1. The Morgan fingerprint density at radius 2 is 1.42 bits per heavy atom. The van der Waals surface area contributed by atoms with Crippen LogP contribution < -0.4 is 5.73 Å². The van der Waals surface area contributed by atoms with Gasteiger partial charge in [-0.05, 0) is 6.42 Å². The van der Waals surface area contributed by atoms with Crippen molar-refractivity contribution in [2.24, 2.45) is 5.73 Å². The van der Waals surface area contributed by atoms with Gasteiger partial charge in [0.15, 0.2) is 0 Å². The highest BCUT2D eigenvalue weighted by atomic mass is 16.4. The number of hydrogen-bond donors (Lipinski definition) is 2. The second-order valence-electron chi connectivity index (χ2n) is 4.58. The number of urea groups is 1. The fourth-order valence-electron chi connectivity index (χ4n) is 1.83. The summed E-state index contributed by atoms with van der Waals surface area (Å²) in [5.74, 6) is -2.91. The van der Waals surface area contributed by atoms with E-state index in [1.165, 1.54) is 25.7 Å². The number of imide groups is 1. The molecular weight excluding hydrogens is 248 g/mol. The Kier molecular flexibility index (Phi) is 9.48. The lowest BCUT2D eigenvalue weighted by atomic mass is 10.1. The first-order chi connectivity index (χ1) is 9.00. The zero-order valence-corrected chi connectivity index (χ0v) is 11.6. The zero-order chi connectivity index (χ0) is 14.7. The van der Waals surface area contributed by atoms with Crippen LogP contribution in [0.15, 0.2) is 0 Å². The van der Waals surface area contributed by atoms with Crippen molar-refractivity contribution >= 4 is 17.9 Å². The first-order valence-electron chi connectivity index (χ1n) is 6.85. The average Bonchev–Trinajstić information content (AvgIpc) is 2.35. The lowest BCUT2D eigenvalue weighted by Crippen LogP contribution is -2.44. The van der Waals surface area contributed by atoms with E-state index in [1.54, 1.807) is 0 Å². The fourth-order valence-corrected chi connectivity index (χ4v) is 1.83. The Morgan fingerprint density at radius 1 is 0.947 bits per heavy atom. The first kappa shape index (κ1) is 17.4. The molecule has 0 aromatic carbocycles. The lowest BCUT2D eigenvalue weighted by molar-refractivity contribution is -0.154. The normalized spacial score (nSPS) is 10.2. The molecule has 0 aromatic heterocycles. The van der Waals surface area contributed by atoms with Crippen LogP contribution >= 0.6 is 0 Å². The molecule has 0 rings (SSSR count). The third-order valence-electron chi connectivity index (χ3n) is 2.93. The quantitative estimate of drug-likeness (QED) is 0.496. The van der Waals surface area contributed by atoms with Crippen LogP contribution in [-0.4, -0.2) is 34.5 Å². The largest absolute Gasteiger partial charge is 0.474 e. The SMILES string of the molecule is CCCCCCCCCCN(C(N)=O)C(=O)C(=O)O. The monoisotopic (exact) mass is 272 g/mol. The standard InChI is InChI=1S/C13H24N2O4/c1-2-3-4-5-6-7-8-9-10-15(13(14)19)11(16)12(17)18/h2-10H2,1H3,(H2,14,19)(H,17,18). The van der Waals surface area contributed by atoms with Gasteiger partial charge in [0.1, 0.15) is 0 Å². The van der Waals surface area contributed by atoms with Crippen LogP contribution in [0.1, 0.15) is 58.3 Å². The number of hydrogen-bond acceptors (Lipinski definition) is 3. The highest BCUT2D eigenvalue weighted by molar-refractivity contribution is 6.34. The molecule has 0 aliphatic heterocycles. The maximum Gasteiger partial charge on any atom is 0.395 e. The summed E-state index contributed by atoms with van der Waals surface area (Å²) in [6.07, 6.45) is 8.51. The summed E-state index contributed by atoms with van der Waals surface area (Å²) in [7, 11) is 0. The van der Waals surface area contributed by atoms with Gasteiger partial charge in [0.05, 0.1) is 0 Å². The molecule has 0 bridgehead atoms. The van der Waals surface area contributed by atoms with E-state index in [1.807, 2.05) is 0 Å². The number of carboxylic acid groups (broad SMARTS) is 1. The number of carboxylic acids is 1. The van der Waals surface area contributed by atoms with E-state index in [4.69, 9.17) is 10.8 Å². The maximum absolute atomic E-state index is 11.1. The van der Waals surface area contributed by atoms with Gasteiger partial charge < -0.3 is 10.8 Å². The van der Waals surface area contributed by atoms with Crippen LogP contribution in [0.25, 0.3) is 0 Å². The van der Waals surface area contributed by atoms with Crippen LogP contribution in [0.5, 0.6) is 0 Å². The smallest absolute Gasteiger partial charge is 0.395 e. The molecule has 0 saturated heterocycles. The van der Waals surface area contributed by atoms with E-state index in [0.717, 1.165) is 19.3 Å². The molecule has 0 atom stereocenters. The number of unbranched alkanes of at least 4 members (excludes halogenated alkanes) is 7. The third-order valence-corrected chi connectivity index (χ3v) is 2.93. The van der Waals surface area contributed by atoms with Gasteiger partial charge in [0.2, 0.25) is 0 Å². The summed E-state index contributed by atoms with van der Waals surface area (Å²) in [5.41, 5.74) is 4.97. The Hall–Kier alpha value is -1.59. The van der Waals surface area contributed by atoms with Crippen LogP contribution in [0.4, 0.5) is 4.79 Å². The Balaban J connectivity index is 3.74. The van der Waals surface area contributed by atoms with Gasteiger partial charge in [0.25, 0.3) is 0 Å². The van der Waals surface area contributed by atoms with Crippen LogP contribution in [0.2, 0.25) is 0 Å². The van der Waals surface area contributed by atoms with Crippen molar-refractivity contribution in [3.63, 3.8) is 0 Å². The number of rotatable bonds is 9. The second kappa shape index (κ2) is 10.3. The predicted octanol–water partition coefficient (Wildman–Crippen LogP) is 2.12. The van der Waals surface area contributed by atoms with E-state index in [0.29, 0.717) is 11.3 Å². The highest BCUT2D eigenvalue weighted by Gasteiger charge is 2.24. The Labute approximate surface area is 113 Å². The molecule has 0 heterocycles. The predicted molar refractivity (Wildman–Crippen MR) is 71.5 cm³/mol. The number of nitrogens with two attached hydrogens (primary N) is 1. The van der Waals surface area contributed by atoms with Crippen molar-refractivity contribution < 1.29 is 19.5 Å². The number of nitrogens with zero attached hydrogens (tertiary/aromatic N) is 1. The molecule has 0 fully saturated rings. The average molecular weight is 272 g/mol. The maximum atomic E-state index is 11.1. The van der Waals surface area contributed by atoms with Gasteiger partial charge >= 0.3 is 17.9 Å². The van der Waals surface area contributed by atoms with E-state index in [-0.39, 0.29) is 6.54 Å².